The largest absolute Gasteiger partial charge is 0.465 e. The van der Waals surface area contributed by atoms with Crippen LogP contribution in [0.25, 0.3) is 0 Å². The van der Waals surface area contributed by atoms with Crippen LogP contribution < -0.4 is 0 Å². The Labute approximate surface area is 119 Å². The van der Waals surface area contributed by atoms with Crippen molar-refractivity contribution in [3.8, 4) is 0 Å². The molecule has 0 saturated heterocycles. The van der Waals surface area contributed by atoms with E-state index >= 15 is 0 Å². The zero-order chi connectivity index (χ0) is 13.9. The first-order chi connectivity index (χ1) is 8.43. The van der Waals surface area contributed by atoms with Gasteiger partial charge in [-0.05, 0) is 13.0 Å². The monoisotopic (exact) mass is 310 g/mol. The molecule has 0 spiro atoms. The van der Waals surface area contributed by atoms with E-state index in [1.165, 1.54) is 6.07 Å². The SMILES string of the molecule is CCOC(=O)c1cc(Cl)c(Cl)c(Cl)c1C(=O)OC. The van der Waals surface area contributed by atoms with Gasteiger partial charge in [-0.3, -0.25) is 0 Å². The zero-order valence-corrected chi connectivity index (χ0v) is 11.8. The average molecular weight is 312 g/mol. The van der Waals surface area contributed by atoms with Crippen molar-refractivity contribution in [1.82, 2.24) is 0 Å². The maximum atomic E-state index is 11.7. The maximum absolute atomic E-state index is 11.7. The lowest BCUT2D eigenvalue weighted by molar-refractivity contribution is 0.0504. The van der Waals surface area contributed by atoms with Gasteiger partial charge in [0.1, 0.15) is 0 Å². The van der Waals surface area contributed by atoms with Crippen LogP contribution in [0, 0.1) is 0 Å². The zero-order valence-electron chi connectivity index (χ0n) is 9.55. The number of methoxy groups -OCH3 is 1. The topological polar surface area (TPSA) is 52.6 Å². The number of rotatable bonds is 3. The van der Waals surface area contributed by atoms with E-state index in [0.29, 0.717) is 0 Å². The van der Waals surface area contributed by atoms with Crippen molar-refractivity contribution in [2.24, 2.45) is 0 Å². The van der Waals surface area contributed by atoms with Gasteiger partial charge in [-0.15, -0.1) is 0 Å². The quantitative estimate of drug-likeness (QED) is 0.632. The summed E-state index contributed by atoms with van der Waals surface area (Å²) in [6.07, 6.45) is 0. The molecule has 0 amide bonds. The molecule has 4 nitrogen and oxygen atoms in total. The van der Waals surface area contributed by atoms with Crippen LogP contribution in [0.2, 0.25) is 15.1 Å². The number of benzene rings is 1. The van der Waals surface area contributed by atoms with Crippen molar-refractivity contribution < 1.29 is 19.1 Å². The number of esters is 2. The Morgan fingerprint density at radius 3 is 2.28 bits per heavy atom. The van der Waals surface area contributed by atoms with Crippen LogP contribution in [0.3, 0.4) is 0 Å². The highest BCUT2D eigenvalue weighted by Gasteiger charge is 2.25. The molecule has 0 radical (unpaired) electrons. The molecule has 1 rings (SSSR count). The van der Waals surface area contributed by atoms with Crippen molar-refractivity contribution in [3.63, 3.8) is 0 Å². The molecule has 18 heavy (non-hydrogen) atoms. The van der Waals surface area contributed by atoms with Crippen molar-refractivity contribution in [2.45, 2.75) is 6.92 Å². The van der Waals surface area contributed by atoms with Crippen LogP contribution in [0.4, 0.5) is 0 Å². The van der Waals surface area contributed by atoms with Crippen LogP contribution >= 0.6 is 34.8 Å². The van der Waals surface area contributed by atoms with E-state index in [4.69, 9.17) is 39.5 Å². The minimum Gasteiger partial charge on any atom is -0.465 e. The summed E-state index contributed by atoms with van der Waals surface area (Å²) < 4.78 is 9.35. The average Bonchev–Trinajstić information content (AvgIpc) is 2.35. The van der Waals surface area contributed by atoms with Gasteiger partial charge in [0.2, 0.25) is 0 Å². The number of hydrogen-bond donors (Lipinski definition) is 0. The Kier molecular flexibility index (Phi) is 5.26. The molecule has 1 aromatic rings. The van der Waals surface area contributed by atoms with Gasteiger partial charge in [0.25, 0.3) is 0 Å². The van der Waals surface area contributed by atoms with E-state index in [-0.39, 0.29) is 32.8 Å². The highest BCUT2D eigenvalue weighted by molar-refractivity contribution is 6.49. The third kappa shape index (κ3) is 2.88. The first kappa shape index (κ1) is 15.1. The highest BCUT2D eigenvalue weighted by atomic mass is 35.5. The Morgan fingerprint density at radius 1 is 1.17 bits per heavy atom. The van der Waals surface area contributed by atoms with E-state index in [1.807, 2.05) is 0 Å². The summed E-state index contributed by atoms with van der Waals surface area (Å²) in [5.74, 6) is -1.51. The second-order valence-electron chi connectivity index (χ2n) is 3.12. The molecule has 0 N–H and O–H groups in total. The van der Waals surface area contributed by atoms with E-state index in [1.54, 1.807) is 6.92 Å². The van der Waals surface area contributed by atoms with Gasteiger partial charge >= 0.3 is 11.9 Å². The van der Waals surface area contributed by atoms with Crippen LogP contribution in [-0.4, -0.2) is 25.7 Å². The summed E-state index contributed by atoms with van der Waals surface area (Å²) in [5, 5.41) is -0.108. The molecule has 0 fully saturated rings. The van der Waals surface area contributed by atoms with Crippen LogP contribution in [0.5, 0.6) is 0 Å². The summed E-state index contributed by atoms with van der Waals surface area (Å²) in [6, 6.07) is 1.22. The van der Waals surface area contributed by atoms with Gasteiger partial charge in [-0.2, -0.15) is 0 Å². The Hall–Kier alpha value is -0.970. The number of halogens is 3. The predicted octanol–water partition coefficient (Wildman–Crippen LogP) is 3.61. The van der Waals surface area contributed by atoms with Crippen molar-refractivity contribution >= 4 is 46.7 Å². The lowest BCUT2D eigenvalue weighted by atomic mass is 10.1. The standard InChI is InChI=1S/C11H9Cl3O4/c1-3-18-10(15)5-4-6(12)8(13)9(14)7(5)11(16)17-2/h4H,3H2,1-2H3. The first-order valence-electron chi connectivity index (χ1n) is 4.86. The van der Waals surface area contributed by atoms with Crippen molar-refractivity contribution in [1.29, 1.82) is 0 Å². The minimum absolute atomic E-state index is 0.0215. The highest BCUT2D eigenvalue weighted by Crippen LogP contribution is 2.35. The smallest absolute Gasteiger partial charge is 0.340 e. The molecule has 0 aliphatic rings. The number of carbonyl (C=O) groups excluding carboxylic acids is 2. The molecule has 0 bridgehead atoms. The van der Waals surface area contributed by atoms with E-state index in [2.05, 4.69) is 4.74 Å². The Morgan fingerprint density at radius 2 is 1.78 bits per heavy atom. The van der Waals surface area contributed by atoms with E-state index in [0.717, 1.165) is 7.11 Å². The molecule has 0 saturated carbocycles. The van der Waals surface area contributed by atoms with Crippen molar-refractivity contribution in [3.05, 3.63) is 32.3 Å². The van der Waals surface area contributed by atoms with Gasteiger partial charge in [0, 0.05) is 0 Å². The van der Waals surface area contributed by atoms with Crippen molar-refractivity contribution in [2.75, 3.05) is 13.7 Å². The van der Waals surface area contributed by atoms with E-state index in [9.17, 15) is 9.59 Å². The molecule has 0 unspecified atom stereocenters. The second-order valence-corrected chi connectivity index (χ2v) is 4.28. The first-order valence-corrected chi connectivity index (χ1v) is 6.00. The number of carbonyl (C=O) groups is 2. The molecular weight excluding hydrogens is 302 g/mol. The summed E-state index contributed by atoms with van der Waals surface area (Å²) in [7, 11) is 1.16. The predicted molar refractivity (Wildman–Crippen MR) is 68.8 cm³/mol. The molecule has 98 valence electrons. The van der Waals surface area contributed by atoms with E-state index < -0.39 is 11.9 Å². The third-order valence-corrected chi connectivity index (χ3v) is 3.31. The van der Waals surface area contributed by atoms with Crippen LogP contribution in [0.1, 0.15) is 27.6 Å². The van der Waals surface area contributed by atoms with Gasteiger partial charge < -0.3 is 9.47 Å². The molecule has 1 aromatic carbocycles. The fourth-order valence-corrected chi connectivity index (χ4v) is 1.95. The minimum atomic E-state index is -0.790. The van der Waals surface area contributed by atoms with Gasteiger partial charge in [-0.1, -0.05) is 34.8 Å². The van der Waals surface area contributed by atoms with Gasteiger partial charge in [-0.25, -0.2) is 9.59 Å². The third-order valence-electron chi connectivity index (χ3n) is 2.05. The summed E-state index contributed by atoms with van der Waals surface area (Å²) in [6.45, 7) is 1.78. The van der Waals surface area contributed by atoms with Gasteiger partial charge in [0.15, 0.2) is 0 Å². The van der Waals surface area contributed by atoms with Crippen LogP contribution in [-0.2, 0) is 9.47 Å². The second kappa shape index (κ2) is 6.27. The molecule has 0 atom stereocenters. The summed E-state index contributed by atoms with van der Waals surface area (Å²) in [4.78, 5) is 23.3. The Balaban J connectivity index is 3.48. The molecule has 0 aromatic heterocycles. The number of hydrogen-bond acceptors (Lipinski definition) is 4. The van der Waals surface area contributed by atoms with Gasteiger partial charge in [0.05, 0.1) is 39.9 Å². The molecule has 0 aliphatic carbocycles. The fourth-order valence-electron chi connectivity index (χ4n) is 1.27. The number of ether oxygens (including phenoxy) is 2. The molecule has 0 aliphatic heterocycles. The Bertz CT molecular complexity index is 500. The van der Waals surface area contributed by atoms with Crippen LogP contribution in [0.15, 0.2) is 6.07 Å². The molecule has 0 heterocycles. The fraction of sp³-hybridized carbons (Fsp3) is 0.273. The summed E-state index contributed by atoms with van der Waals surface area (Å²) in [5.41, 5.74) is -0.241. The summed E-state index contributed by atoms with van der Waals surface area (Å²) >= 11 is 17.5. The lowest BCUT2D eigenvalue weighted by Crippen LogP contribution is -2.14. The maximum Gasteiger partial charge on any atom is 0.340 e. The normalized spacial score (nSPS) is 10.1. The lowest BCUT2D eigenvalue weighted by Gasteiger charge is -2.11. The molecule has 7 heteroatoms. The molecular formula is C11H9Cl3O4.